The van der Waals surface area contributed by atoms with Crippen LogP contribution in [0.15, 0.2) is 0 Å². The first-order chi connectivity index (χ1) is 8.45. The highest BCUT2D eigenvalue weighted by molar-refractivity contribution is 5.84. The normalized spacial score (nSPS) is 21.3. The second kappa shape index (κ2) is 6.73. The van der Waals surface area contributed by atoms with Crippen molar-refractivity contribution in [3.63, 3.8) is 0 Å². The summed E-state index contributed by atoms with van der Waals surface area (Å²) in [6, 6.07) is -0.630. The smallest absolute Gasteiger partial charge is 0.326 e. The quantitative estimate of drug-likeness (QED) is 0.744. The van der Waals surface area contributed by atoms with Crippen LogP contribution in [0.5, 0.6) is 0 Å². The predicted octanol–water partition coefficient (Wildman–Crippen LogP) is 1.07. The Kier molecular flexibility index (Phi) is 5.59. The number of aliphatic carboxylic acids is 1. The average molecular weight is 256 g/mol. The van der Waals surface area contributed by atoms with E-state index in [1.807, 2.05) is 0 Å². The molecule has 0 aromatic rings. The van der Waals surface area contributed by atoms with Crippen molar-refractivity contribution in [2.75, 3.05) is 13.1 Å². The Balaban J connectivity index is 2.55. The fourth-order valence-corrected chi connectivity index (χ4v) is 2.62. The highest BCUT2D eigenvalue weighted by Crippen LogP contribution is 2.22. The maximum absolute atomic E-state index is 12.1. The third kappa shape index (κ3) is 3.98. The fraction of sp³-hybridized carbons (Fsp3) is 0.846. The van der Waals surface area contributed by atoms with E-state index < -0.39 is 12.0 Å². The fourth-order valence-electron chi connectivity index (χ4n) is 2.62. The van der Waals surface area contributed by atoms with Crippen LogP contribution in [0.4, 0.5) is 0 Å². The standard InChI is InChI=1S/C13H24N2O3/c1-9(2)6-10(8-14)7-12(16)15-5-3-4-11(15)13(17)18/h9-11H,3-8,14H2,1-2H3,(H,17,18)/t10-,11-/m0/s1. The van der Waals surface area contributed by atoms with E-state index >= 15 is 0 Å². The molecule has 0 unspecified atom stereocenters. The molecule has 5 nitrogen and oxygen atoms in total. The van der Waals surface area contributed by atoms with Crippen molar-refractivity contribution in [1.29, 1.82) is 0 Å². The number of rotatable bonds is 6. The molecule has 1 fully saturated rings. The first kappa shape index (κ1) is 15.0. The van der Waals surface area contributed by atoms with Gasteiger partial charge >= 0.3 is 5.97 Å². The molecule has 18 heavy (non-hydrogen) atoms. The molecule has 0 saturated carbocycles. The monoisotopic (exact) mass is 256 g/mol. The van der Waals surface area contributed by atoms with Gasteiger partial charge in [0.25, 0.3) is 0 Å². The SMILES string of the molecule is CC(C)C[C@H](CN)CC(=O)N1CCC[C@H]1C(=O)O. The molecule has 1 aliphatic rings. The van der Waals surface area contributed by atoms with Gasteiger partial charge in [0, 0.05) is 13.0 Å². The van der Waals surface area contributed by atoms with Crippen molar-refractivity contribution < 1.29 is 14.7 Å². The molecule has 1 aliphatic heterocycles. The van der Waals surface area contributed by atoms with Crippen LogP contribution in [-0.2, 0) is 9.59 Å². The van der Waals surface area contributed by atoms with Gasteiger partial charge in [-0.15, -0.1) is 0 Å². The third-order valence-corrected chi connectivity index (χ3v) is 3.46. The van der Waals surface area contributed by atoms with Gasteiger partial charge in [-0.1, -0.05) is 13.8 Å². The molecule has 0 aromatic heterocycles. The minimum absolute atomic E-state index is 0.0593. The van der Waals surface area contributed by atoms with Gasteiger partial charge in [0.05, 0.1) is 0 Å². The van der Waals surface area contributed by atoms with Crippen LogP contribution >= 0.6 is 0 Å². The first-order valence-electron chi connectivity index (χ1n) is 6.68. The predicted molar refractivity (Wildman–Crippen MR) is 69.0 cm³/mol. The topological polar surface area (TPSA) is 83.6 Å². The van der Waals surface area contributed by atoms with Gasteiger partial charge in [-0.05, 0) is 37.6 Å². The molecule has 1 heterocycles. The number of carboxylic acid groups (broad SMARTS) is 1. The number of carboxylic acids is 1. The Hall–Kier alpha value is -1.10. The Morgan fingerprint density at radius 3 is 2.61 bits per heavy atom. The van der Waals surface area contributed by atoms with Gasteiger partial charge < -0.3 is 15.7 Å². The van der Waals surface area contributed by atoms with Crippen molar-refractivity contribution in [3.05, 3.63) is 0 Å². The highest BCUT2D eigenvalue weighted by Gasteiger charge is 2.34. The molecule has 0 aromatic carbocycles. The Labute approximate surface area is 108 Å². The largest absolute Gasteiger partial charge is 0.480 e. The summed E-state index contributed by atoms with van der Waals surface area (Å²) in [6.45, 7) is 5.25. The second-order valence-electron chi connectivity index (χ2n) is 5.52. The van der Waals surface area contributed by atoms with Crippen LogP contribution in [0.25, 0.3) is 0 Å². The molecule has 3 N–H and O–H groups in total. The van der Waals surface area contributed by atoms with Crippen LogP contribution in [-0.4, -0.2) is 41.0 Å². The van der Waals surface area contributed by atoms with E-state index in [1.54, 1.807) is 0 Å². The summed E-state index contributed by atoms with van der Waals surface area (Å²) in [5.41, 5.74) is 5.68. The average Bonchev–Trinajstić information content (AvgIpc) is 2.76. The summed E-state index contributed by atoms with van der Waals surface area (Å²) < 4.78 is 0. The van der Waals surface area contributed by atoms with E-state index in [4.69, 9.17) is 10.8 Å². The van der Waals surface area contributed by atoms with E-state index in [2.05, 4.69) is 13.8 Å². The van der Waals surface area contributed by atoms with Crippen molar-refractivity contribution in [2.24, 2.45) is 17.6 Å². The summed E-state index contributed by atoms with van der Waals surface area (Å²) in [6.07, 6.45) is 2.63. The van der Waals surface area contributed by atoms with E-state index in [0.717, 1.165) is 12.8 Å². The molecule has 104 valence electrons. The maximum atomic E-state index is 12.1. The lowest BCUT2D eigenvalue weighted by Gasteiger charge is -2.24. The van der Waals surface area contributed by atoms with Crippen molar-refractivity contribution >= 4 is 11.9 Å². The van der Waals surface area contributed by atoms with Crippen LogP contribution in [0.2, 0.25) is 0 Å². The number of hydrogen-bond acceptors (Lipinski definition) is 3. The number of hydrogen-bond donors (Lipinski definition) is 2. The van der Waals surface area contributed by atoms with Crippen LogP contribution in [0, 0.1) is 11.8 Å². The number of nitrogens with zero attached hydrogens (tertiary/aromatic N) is 1. The van der Waals surface area contributed by atoms with Crippen LogP contribution in [0.3, 0.4) is 0 Å². The first-order valence-corrected chi connectivity index (χ1v) is 6.68. The summed E-state index contributed by atoms with van der Waals surface area (Å²) in [4.78, 5) is 24.7. The summed E-state index contributed by atoms with van der Waals surface area (Å²) in [5, 5.41) is 9.05. The number of likely N-dealkylation sites (tertiary alicyclic amines) is 1. The zero-order chi connectivity index (χ0) is 13.7. The second-order valence-corrected chi connectivity index (χ2v) is 5.52. The van der Waals surface area contributed by atoms with Crippen molar-refractivity contribution in [2.45, 2.75) is 45.6 Å². The lowest BCUT2D eigenvalue weighted by molar-refractivity contribution is -0.148. The van der Waals surface area contributed by atoms with Crippen molar-refractivity contribution in [1.82, 2.24) is 4.90 Å². The van der Waals surface area contributed by atoms with Crippen LogP contribution < -0.4 is 5.73 Å². The highest BCUT2D eigenvalue weighted by atomic mass is 16.4. The molecule has 0 radical (unpaired) electrons. The lowest BCUT2D eigenvalue weighted by atomic mass is 9.93. The van der Waals surface area contributed by atoms with E-state index in [0.29, 0.717) is 31.8 Å². The molecular weight excluding hydrogens is 232 g/mol. The summed E-state index contributed by atoms with van der Waals surface area (Å²) in [7, 11) is 0. The number of carbonyl (C=O) groups is 2. The Morgan fingerprint density at radius 1 is 1.44 bits per heavy atom. The zero-order valence-electron chi connectivity index (χ0n) is 11.3. The minimum Gasteiger partial charge on any atom is -0.480 e. The molecule has 1 saturated heterocycles. The van der Waals surface area contributed by atoms with Gasteiger partial charge in [0.1, 0.15) is 6.04 Å². The van der Waals surface area contributed by atoms with E-state index in [9.17, 15) is 9.59 Å². The van der Waals surface area contributed by atoms with Gasteiger partial charge in [0.15, 0.2) is 0 Å². The number of carbonyl (C=O) groups excluding carboxylic acids is 1. The molecule has 1 amide bonds. The molecule has 0 bridgehead atoms. The van der Waals surface area contributed by atoms with Gasteiger partial charge in [-0.25, -0.2) is 4.79 Å². The van der Waals surface area contributed by atoms with Crippen LogP contribution in [0.1, 0.15) is 39.5 Å². The summed E-state index contributed by atoms with van der Waals surface area (Å²) in [5.74, 6) is -0.294. The zero-order valence-corrected chi connectivity index (χ0v) is 11.3. The van der Waals surface area contributed by atoms with Crippen molar-refractivity contribution in [3.8, 4) is 0 Å². The third-order valence-electron chi connectivity index (χ3n) is 3.46. The minimum atomic E-state index is -0.894. The molecular formula is C13H24N2O3. The molecule has 0 spiro atoms. The van der Waals surface area contributed by atoms with Gasteiger partial charge in [-0.2, -0.15) is 0 Å². The molecule has 0 aliphatic carbocycles. The summed E-state index contributed by atoms with van der Waals surface area (Å²) >= 11 is 0. The molecule has 2 atom stereocenters. The maximum Gasteiger partial charge on any atom is 0.326 e. The lowest BCUT2D eigenvalue weighted by Crippen LogP contribution is -2.41. The van der Waals surface area contributed by atoms with E-state index in [-0.39, 0.29) is 11.8 Å². The molecule has 5 heteroatoms. The number of amides is 1. The van der Waals surface area contributed by atoms with E-state index in [1.165, 1.54) is 4.90 Å². The Morgan fingerprint density at radius 2 is 2.11 bits per heavy atom. The Bertz CT molecular complexity index is 305. The number of nitrogens with two attached hydrogens (primary N) is 1. The molecule has 1 rings (SSSR count). The van der Waals surface area contributed by atoms with Gasteiger partial charge in [-0.3, -0.25) is 4.79 Å². The van der Waals surface area contributed by atoms with Gasteiger partial charge in [0.2, 0.25) is 5.91 Å².